The highest BCUT2D eigenvalue weighted by atomic mass is 16.5. The van der Waals surface area contributed by atoms with Crippen molar-refractivity contribution in [2.24, 2.45) is 7.05 Å². The van der Waals surface area contributed by atoms with Crippen LogP contribution in [0.15, 0.2) is 47.4 Å². The van der Waals surface area contributed by atoms with Gasteiger partial charge in [0.05, 0.1) is 36.4 Å². The van der Waals surface area contributed by atoms with Crippen molar-refractivity contribution >= 4 is 22.9 Å². The van der Waals surface area contributed by atoms with Crippen molar-refractivity contribution in [1.29, 1.82) is 0 Å². The summed E-state index contributed by atoms with van der Waals surface area (Å²) in [6, 6.07) is 11.6. The highest BCUT2D eigenvalue weighted by Crippen LogP contribution is 2.29. The van der Waals surface area contributed by atoms with Crippen molar-refractivity contribution in [2.45, 2.75) is 20.0 Å². The number of aryl methyl sites for hydroxylation is 2. The number of aliphatic hydroxyl groups excluding tert-OH is 1. The Morgan fingerprint density at radius 1 is 1.28 bits per heavy atom. The number of aromatic nitrogens is 2. The molecule has 0 saturated carbocycles. The Kier molecular flexibility index (Phi) is 6.16. The fourth-order valence-electron chi connectivity index (χ4n) is 3.95. The van der Waals surface area contributed by atoms with Crippen LogP contribution in [0, 0.1) is 13.8 Å². The number of morpholine rings is 1. The van der Waals surface area contributed by atoms with Gasteiger partial charge < -0.3 is 30.4 Å². The van der Waals surface area contributed by atoms with Crippen molar-refractivity contribution in [1.82, 2.24) is 9.55 Å². The number of anilines is 4. The molecule has 8 nitrogen and oxygen atoms in total. The van der Waals surface area contributed by atoms with Crippen LogP contribution in [-0.2, 0) is 11.8 Å². The number of ether oxygens (including phenoxy) is 1. The van der Waals surface area contributed by atoms with Gasteiger partial charge in [0.1, 0.15) is 0 Å². The molecule has 0 radical (unpaired) electrons. The summed E-state index contributed by atoms with van der Waals surface area (Å²) in [5.41, 5.74) is 12.3. The summed E-state index contributed by atoms with van der Waals surface area (Å²) in [6.45, 7) is 5.90. The Morgan fingerprint density at radius 2 is 2.09 bits per heavy atom. The van der Waals surface area contributed by atoms with Gasteiger partial charge in [0.25, 0.3) is 5.56 Å². The summed E-state index contributed by atoms with van der Waals surface area (Å²) < 4.78 is 7.05. The van der Waals surface area contributed by atoms with Gasteiger partial charge in [-0.2, -0.15) is 0 Å². The number of nitrogens with zero attached hydrogens (tertiary/aromatic N) is 3. The average Bonchev–Trinajstić information content (AvgIpc) is 2.79. The fourth-order valence-corrected chi connectivity index (χ4v) is 3.95. The molecule has 0 bridgehead atoms. The maximum atomic E-state index is 12.7. The second-order valence-electron chi connectivity index (χ2n) is 8.16. The van der Waals surface area contributed by atoms with E-state index in [4.69, 9.17) is 10.5 Å². The molecule has 0 aliphatic carbocycles. The van der Waals surface area contributed by atoms with E-state index in [0.717, 1.165) is 22.5 Å². The number of hydrogen-bond acceptors (Lipinski definition) is 7. The molecule has 2 aromatic carbocycles. The molecule has 1 aliphatic rings. The minimum Gasteiger partial charge on any atom is -0.397 e. The van der Waals surface area contributed by atoms with Crippen LogP contribution in [0.3, 0.4) is 0 Å². The highest BCUT2D eigenvalue weighted by Gasteiger charge is 2.21. The molecule has 8 heteroatoms. The Hall–Kier alpha value is -3.36. The van der Waals surface area contributed by atoms with Gasteiger partial charge >= 0.3 is 0 Å². The summed E-state index contributed by atoms with van der Waals surface area (Å²) in [6.07, 6.45) is 1.53. The minimum absolute atomic E-state index is 0.0260. The Labute approximate surface area is 187 Å². The Bertz CT molecular complexity index is 1190. The Morgan fingerprint density at radius 3 is 2.84 bits per heavy atom. The highest BCUT2D eigenvalue weighted by molar-refractivity contribution is 5.75. The number of benzene rings is 2. The summed E-state index contributed by atoms with van der Waals surface area (Å²) in [4.78, 5) is 19.5. The SMILES string of the molecule is Cc1cccc(-c2cn(C)c(=O)c(Nc3ccc(N4CCOC(CO)C4)c(N)c3)n2)c1C. The van der Waals surface area contributed by atoms with Gasteiger partial charge in [0, 0.05) is 37.6 Å². The predicted molar refractivity (Wildman–Crippen MR) is 128 cm³/mol. The number of nitrogens with two attached hydrogens (primary N) is 1. The van der Waals surface area contributed by atoms with Gasteiger partial charge in [-0.05, 0) is 43.2 Å². The molecule has 0 amide bonds. The monoisotopic (exact) mass is 435 g/mol. The van der Waals surface area contributed by atoms with E-state index in [-0.39, 0.29) is 24.1 Å². The number of nitrogens with one attached hydrogen (secondary N) is 1. The molecule has 1 saturated heterocycles. The van der Waals surface area contributed by atoms with Crippen LogP contribution in [-0.4, -0.2) is 47.1 Å². The zero-order valence-corrected chi connectivity index (χ0v) is 18.6. The van der Waals surface area contributed by atoms with Gasteiger partial charge in [0.15, 0.2) is 5.82 Å². The maximum Gasteiger partial charge on any atom is 0.293 e. The first kappa shape index (κ1) is 21.9. The Balaban J connectivity index is 1.63. The number of rotatable bonds is 5. The first-order valence-corrected chi connectivity index (χ1v) is 10.7. The third kappa shape index (κ3) is 4.32. The van der Waals surface area contributed by atoms with Gasteiger partial charge in [-0.15, -0.1) is 0 Å². The van der Waals surface area contributed by atoms with Crippen molar-refractivity contribution in [3.63, 3.8) is 0 Å². The minimum atomic E-state index is -0.222. The smallest absolute Gasteiger partial charge is 0.293 e. The molecule has 168 valence electrons. The molecule has 1 unspecified atom stereocenters. The van der Waals surface area contributed by atoms with Crippen LogP contribution in [0.2, 0.25) is 0 Å². The predicted octanol–water partition coefficient (Wildman–Crippen LogP) is 2.59. The van der Waals surface area contributed by atoms with Gasteiger partial charge in [-0.25, -0.2) is 4.98 Å². The van der Waals surface area contributed by atoms with E-state index in [1.807, 2.05) is 24.3 Å². The van der Waals surface area contributed by atoms with E-state index in [1.54, 1.807) is 19.3 Å². The van der Waals surface area contributed by atoms with Crippen molar-refractivity contribution < 1.29 is 9.84 Å². The average molecular weight is 436 g/mol. The normalized spacial score (nSPS) is 16.2. The summed E-state index contributed by atoms with van der Waals surface area (Å²) in [5, 5.41) is 12.5. The largest absolute Gasteiger partial charge is 0.397 e. The molecule has 1 aliphatic heterocycles. The summed E-state index contributed by atoms with van der Waals surface area (Å²) in [5.74, 6) is 0.241. The molecule has 1 atom stereocenters. The molecule has 32 heavy (non-hydrogen) atoms. The lowest BCUT2D eigenvalue weighted by Crippen LogP contribution is -2.44. The molecule has 3 aromatic rings. The van der Waals surface area contributed by atoms with Crippen LogP contribution in [0.25, 0.3) is 11.3 Å². The lowest BCUT2D eigenvalue weighted by atomic mass is 10.0. The standard InChI is InChI=1S/C24H29N5O3/c1-15-5-4-6-19(16(15)2)21-13-28(3)24(31)23(27-21)26-17-7-8-22(20(25)11-17)29-9-10-32-18(12-29)14-30/h4-8,11,13,18,30H,9-10,12,14,25H2,1-3H3,(H,26,27). The summed E-state index contributed by atoms with van der Waals surface area (Å²) >= 11 is 0. The second-order valence-corrected chi connectivity index (χ2v) is 8.16. The number of aliphatic hydroxyl groups is 1. The van der Waals surface area contributed by atoms with Crippen LogP contribution in [0.1, 0.15) is 11.1 Å². The van der Waals surface area contributed by atoms with Crippen LogP contribution in [0.5, 0.6) is 0 Å². The van der Waals surface area contributed by atoms with Crippen LogP contribution >= 0.6 is 0 Å². The zero-order valence-electron chi connectivity index (χ0n) is 18.6. The van der Waals surface area contributed by atoms with E-state index in [9.17, 15) is 9.90 Å². The van der Waals surface area contributed by atoms with E-state index in [2.05, 4.69) is 35.1 Å². The van der Waals surface area contributed by atoms with E-state index >= 15 is 0 Å². The van der Waals surface area contributed by atoms with E-state index < -0.39 is 0 Å². The summed E-state index contributed by atoms with van der Waals surface area (Å²) in [7, 11) is 1.72. The molecular formula is C24H29N5O3. The van der Waals surface area contributed by atoms with Crippen molar-refractivity contribution in [3.8, 4) is 11.3 Å². The van der Waals surface area contributed by atoms with E-state index in [1.165, 1.54) is 10.1 Å². The third-order valence-electron chi connectivity index (χ3n) is 5.93. The number of nitrogen functional groups attached to an aromatic ring is 1. The molecule has 4 rings (SSSR count). The number of hydrogen-bond donors (Lipinski definition) is 3. The third-order valence-corrected chi connectivity index (χ3v) is 5.93. The van der Waals surface area contributed by atoms with E-state index in [0.29, 0.717) is 31.1 Å². The van der Waals surface area contributed by atoms with Gasteiger partial charge in [-0.3, -0.25) is 4.79 Å². The van der Waals surface area contributed by atoms with Crippen molar-refractivity contribution in [3.05, 3.63) is 64.1 Å². The zero-order chi connectivity index (χ0) is 22.8. The molecule has 0 spiro atoms. The molecule has 2 heterocycles. The van der Waals surface area contributed by atoms with Gasteiger partial charge in [-0.1, -0.05) is 18.2 Å². The fraction of sp³-hybridized carbons (Fsp3) is 0.333. The molecule has 4 N–H and O–H groups in total. The van der Waals surface area contributed by atoms with Crippen molar-refractivity contribution in [2.75, 3.05) is 42.3 Å². The molecule has 1 fully saturated rings. The van der Waals surface area contributed by atoms with Crippen LogP contribution < -0.4 is 21.5 Å². The molecular weight excluding hydrogens is 406 g/mol. The molecule has 1 aromatic heterocycles. The maximum absolute atomic E-state index is 12.7. The van der Waals surface area contributed by atoms with Crippen LogP contribution in [0.4, 0.5) is 22.9 Å². The lowest BCUT2D eigenvalue weighted by Gasteiger charge is -2.34. The lowest BCUT2D eigenvalue weighted by molar-refractivity contribution is 0.00360. The topological polar surface area (TPSA) is 106 Å². The first-order valence-electron chi connectivity index (χ1n) is 10.7. The quantitative estimate of drug-likeness (QED) is 0.529. The second kappa shape index (κ2) is 9.02. The first-order chi connectivity index (χ1) is 15.4. The van der Waals surface area contributed by atoms with Gasteiger partial charge in [0.2, 0.25) is 0 Å².